The number of pyridine rings is 1. The minimum Gasteiger partial charge on any atom is -0.367 e. The monoisotopic (exact) mass is 336 g/mol. The van der Waals surface area contributed by atoms with Crippen molar-refractivity contribution in [2.24, 2.45) is 0 Å². The molecule has 1 aromatic carbocycles. The quantitative estimate of drug-likeness (QED) is 0.766. The molecule has 2 heterocycles. The Kier molecular flexibility index (Phi) is 4.49. The van der Waals surface area contributed by atoms with Gasteiger partial charge >= 0.3 is 0 Å². The van der Waals surface area contributed by atoms with Crippen LogP contribution in [0.4, 0.5) is 5.82 Å². The molecule has 0 bridgehead atoms. The largest absolute Gasteiger partial charge is 0.367 e. The van der Waals surface area contributed by atoms with Crippen molar-refractivity contribution in [2.45, 2.75) is 34.2 Å². The minimum atomic E-state index is -0.115. The second kappa shape index (κ2) is 6.59. The number of fused-ring (bicyclic) bond motifs is 1. The van der Waals surface area contributed by atoms with Gasteiger partial charge in [-0.25, -0.2) is 4.98 Å². The highest BCUT2D eigenvalue weighted by molar-refractivity contribution is 5.95. The number of carbonyl (C=O) groups is 1. The van der Waals surface area contributed by atoms with Crippen molar-refractivity contribution in [1.82, 2.24) is 14.7 Å². The van der Waals surface area contributed by atoms with E-state index in [1.165, 1.54) is 16.7 Å². The van der Waals surface area contributed by atoms with Gasteiger partial charge in [-0.2, -0.15) is 0 Å². The number of hydrogen-bond acceptors (Lipinski definition) is 3. The zero-order valence-corrected chi connectivity index (χ0v) is 15.4. The van der Waals surface area contributed by atoms with Gasteiger partial charge in [-0.1, -0.05) is 18.2 Å². The molecule has 5 heteroatoms. The SMILES string of the molecule is CNC(=O)c1cc(NCc2c(C)cccc2C)n2c(C)c(C)nc2c1. The number of nitrogens with zero attached hydrogens (tertiary/aromatic N) is 2. The van der Waals surface area contributed by atoms with Gasteiger partial charge in [0.05, 0.1) is 5.69 Å². The van der Waals surface area contributed by atoms with Gasteiger partial charge in [0.1, 0.15) is 11.5 Å². The van der Waals surface area contributed by atoms with Crippen molar-refractivity contribution < 1.29 is 4.79 Å². The Balaban J connectivity index is 2.06. The smallest absolute Gasteiger partial charge is 0.251 e. The molecule has 0 aliphatic carbocycles. The fraction of sp³-hybridized carbons (Fsp3) is 0.300. The van der Waals surface area contributed by atoms with Crippen LogP contribution in [0.15, 0.2) is 30.3 Å². The Bertz CT molecular complexity index is 936. The number of nitrogens with one attached hydrogen (secondary N) is 2. The number of hydrogen-bond donors (Lipinski definition) is 2. The predicted octanol–water partition coefficient (Wildman–Crippen LogP) is 3.54. The van der Waals surface area contributed by atoms with Crippen molar-refractivity contribution in [3.05, 3.63) is 64.0 Å². The third-order valence-electron chi connectivity index (χ3n) is 4.77. The topological polar surface area (TPSA) is 58.4 Å². The minimum absolute atomic E-state index is 0.115. The molecule has 0 aliphatic heterocycles. The summed E-state index contributed by atoms with van der Waals surface area (Å²) < 4.78 is 2.06. The first-order chi connectivity index (χ1) is 11.9. The molecular formula is C20H24N4O. The van der Waals surface area contributed by atoms with Gasteiger partial charge in [0.15, 0.2) is 0 Å². The molecule has 2 N–H and O–H groups in total. The Morgan fingerprint density at radius 1 is 1.12 bits per heavy atom. The molecule has 0 atom stereocenters. The summed E-state index contributed by atoms with van der Waals surface area (Å²) in [5.74, 6) is 0.757. The summed E-state index contributed by atoms with van der Waals surface area (Å²) in [6.07, 6.45) is 0. The van der Waals surface area contributed by atoms with E-state index in [2.05, 4.69) is 52.1 Å². The van der Waals surface area contributed by atoms with Gasteiger partial charge < -0.3 is 10.6 Å². The third kappa shape index (κ3) is 3.09. The molecule has 0 aliphatic rings. The number of rotatable bonds is 4. The molecule has 130 valence electrons. The lowest BCUT2D eigenvalue weighted by Crippen LogP contribution is -2.19. The summed E-state index contributed by atoms with van der Waals surface area (Å²) in [7, 11) is 1.64. The summed E-state index contributed by atoms with van der Waals surface area (Å²) in [4.78, 5) is 16.7. The normalized spacial score (nSPS) is 10.9. The van der Waals surface area contributed by atoms with Gasteiger partial charge in [0.2, 0.25) is 0 Å². The van der Waals surface area contributed by atoms with Crippen LogP contribution in [0.25, 0.3) is 5.65 Å². The fourth-order valence-electron chi connectivity index (χ4n) is 3.14. The van der Waals surface area contributed by atoms with Crippen molar-refractivity contribution in [2.75, 3.05) is 12.4 Å². The fourth-order valence-corrected chi connectivity index (χ4v) is 3.14. The molecule has 0 spiro atoms. The Morgan fingerprint density at radius 2 is 1.80 bits per heavy atom. The number of amides is 1. The van der Waals surface area contributed by atoms with Crippen LogP contribution in [-0.4, -0.2) is 22.3 Å². The van der Waals surface area contributed by atoms with Crippen molar-refractivity contribution in [3.8, 4) is 0 Å². The maximum atomic E-state index is 12.1. The zero-order chi connectivity index (χ0) is 18.1. The molecule has 2 aromatic heterocycles. The van der Waals surface area contributed by atoms with Crippen LogP contribution in [0.5, 0.6) is 0 Å². The van der Waals surface area contributed by atoms with E-state index in [0.717, 1.165) is 22.9 Å². The van der Waals surface area contributed by atoms with Crippen LogP contribution in [0.1, 0.15) is 38.4 Å². The van der Waals surface area contributed by atoms with Gasteiger partial charge in [-0.15, -0.1) is 0 Å². The third-order valence-corrected chi connectivity index (χ3v) is 4.77. The lowest BCUT2D eigenvalue weighted by atomic mass is 10.0. The maximum absolute atomic E-state index is 12.1. The predicted molar refractivity (Wildman–Crippen MR) is 101 cm³/mol. The van der Waals surface area contributed by atoms with Gasteiger partial charge in [0, 0.05) is 24.8 Å². The molecule has 0 unspecified atom stereocenters. The highest BCUT2D eigenvalue weighted by Crippen LogP contribution is 2.22. The van der Waals surface area contributed by atoms with Gasteiger partial charge in [-0.05, 0) is 56.5 Å². The number of imidazole rings is 1. The molecule has 3 rings (SSSR count). The van der Waals surface area contributed by atoms with E-state index in [0.29, 0.717) is 12.1 Å². The highest BCUT2D eigenvalue weighted by Gasteiger charge is 2.14. The molecular weight excluding hydrogens is 312 g/mol. The van der Waals surface area contributed by atoms with Crippen molar-refractivity contribution in [1.29, 1.82) is 0 Å². The van der Waals surface area contributed by atoms with E-state index in [1.54, 1.807) is 7.05 Å². The number of anilines is 1. The van der Waals surface area contributed by atoms with Crippen molar-refractivity contribution >= 4 is 17.4 Å². The maximum Gasteiger partial charge on any atom is 0.251 e. The molecule has 1 amide bonds. The van der Waals surface area contributed by atoms with Crippen LogP contribution in [0.2, 0.25) is 0 Å². The first-order valence-electron chi connectivity index (χ1n) is 8.43. The summed E-state index contributed by atoms with van der Waals surface area (Å²) in [6.45, 7) is 8.96. The Morgan fingerprint density at radius 3 is 2.44 bits per heavy atom. The van der Waals surface area contributed by atoms with E-state index in [4.69, 9.17) is 0 Å². The number of carbonyl (C=O) groups excluding carboxylic acids is 1. The van der Waals surface area contributed by atoms with E-state index < -0.39 is 0 Å². The van der Waals surface area contributed by atoms with Gasteiger partial charge in [0.25, 0.3) is 5.91 Å². The average molecular weight is 336 g/mol. The number of aryl methyl sites for hydroxylation is 4. The Hall–Kier alpha value is -2.82. The second-order valence-electron chi connectivity index (χ2n) is 6.41. The summed E-state index contributed by atoms with van der Waals surface area (Å²) >= 11 is 0. The first kappa shape index (κ1) is 17.0. The standard InChI is InChI=1S/C20H24N4O/c1-12-7-6-8-13(2)17(12)11-22-18-9-16(20(25)21-5)10-19-23-14(3)15(4)24(18)19/h6-10,22H,11H2,1-5H3,(H,21,25). The molecule has 0 radical (unpaired) electrons. The van der Waals surface area contributed by atoms with Crippen LogP contribution in [0.3, 0.4) is 0 Å². The van der Waals surface area contributed by atoms with Crippen LogP contribution >= 0.6 is 0 Å². The van der Waals surface area contributed by atoms with Crippen LogP contribution in [0, 0.1) is 27.7 Å². The molecule has 0 saturated carbocycles. The lowest BCUT2D eigenvalue weighted by molar-refractivity contribution is 0.0963. The number of benzene rings is 1. The van der Waals surface area contributed by atoms with E-state index in [9.17, 15) is 4.79 Å². The molecule has 0 saturated heterocycles. The second-order valence-corrected chi connectivity index (χ2v) is 6.41. The first-order valence-corrected chi connectivity index (χ1v) is 8.43. The van der Waals surface area contributed by atoms with Crippen LogP contribution < -0.4 is 10.6 Å². The molecule has 25 heavy (non-hydrogen) atoms. The highest BCUT2D eigenvalue weighted by atomic mass is 16.1. The summed E-state index contributed by atoms with van der Waals surface area (Å²) in [6, 6.07) is 10.0. The van der Waals surface area contributed by atoms with E-state index in [1.807, 2.05) is 26.0 Å². The molecule has 5 nitrogen and oxygen atoms in total. The van der Waals surface area contributed by atoms with Crippen LogP contribution in [-0.2, 0) is 6.54 Å². The summed E-state index contributed by atoms with van der Waals surface area (Å²) in [5.41, 5.74) is 7.20. The summed E-state index contributed by atoms with van der Waals surface area (Å²) in [5, 5.41) is 6.18. The van der Waals surface area contributed by atoms with E-state index in [-0.39, 0.29) is 5.91 Å². The van der Waals surface area contributed by atoms with E-state index >= 15 is 0 Å². The Labute approximate surface area is 148 Å². The average Bonchev–Trinajstić information content (AvgIpc) is 2.88. The molecule has 3 aromatic rings. The van der Waals surface area contributed by atoms with Crippen molar-refractivity contribution in [3.63, 3.8) is 0 Å². The number of aromatic nitrogens is 2. The van der Waals surface area contributed by atoms with Gasteiger partial charge in [-0.3, -0.25) is 9.20 Å². The molecule has 0 fully saturated rings. The zero-order valence-electron chi connectivity index (χ0n) is 15.4. The lowest BCUT2D eigenvalue weighted by Gasteiger charge is -2.15.